The molecule has 1 aliphatic rings. The lowest BCUT2D eigenvalue weighted by Gasteiger charge is -2.10. The highest BCUT2D eigenvalue weighted by molar-refractivity contribution is 5.81. The van der Waals surface area contributed by atoms with Gasteiger partial charge in [-0.25, -0.2) is 0 Å². The molecule has 1 atom stereocenters. The number of nitrogens with one attached hydrogen (secondary N) is 1. The van der Waals surface area contributed by atoms with Crippen molar-refractivity contribution in [3.63, 3.8) is 0 Å². The number of carbonyl (C=O) groups is 2. The van der Waals surface area contributed by atoms with Crippen molar-refractivity contribution < 1.29 is 19.8 Å². The number of aliphatic hydroxyl groups is 1. The second kappa shape index (κ2) is 5.79. The van der Waals surface area contributed by atoms with Crippen molar-refractivity contribution in [1.82, 2.24) is 20.1 Å². The molecule has 0 unspecified atom stereocenters. The molecule has 3 N–H and O–H groups in total. The van der Waals surface area contributed by atoms with E-state index in [0.717, 1.165) is 25.2 Å². The van der Waals surface area contributed by atoms with Gasteiger partial charge in [-0.3, -0.25) is 9.59 Å². The van der Waals surface area contributed by atoms with Gasteiger partial charge in [-0.15, -0.1) is 10.2 Å². The first kappa shape index (κ1) is 13.5. The number of aliphatic hydroxyl groups excluding tert-OH is 1. The van der Waals surface area contributed by atoms with Crippen LogP contribution in [0.15, 0.2) is 0 Å². The minimum Gasteiger partial charge on any atom is -0.481 e. The quantitative estimate of drug-likeness (QED) is 0.613. The van der Waals surface area contributed by atoms with Crippen LogP contribution >= 0.6 is 0 Å². The first-order valence-corrected chi connectivity index (χ1v) is 6.16. The number of aryl methyl sites for hydroxylation is 1. The summed E-state index contributed by atoms with van der Waals surface area (Å²) < 4.78 is 1.95. The number of aromatic nitrogens is 3. The van der Waals surface area contributed by atoms with E-state index in [0.29, 0.717) is 5.82 Å². The number of amides is 1. The Bertz CT molecular complexity index is 485. The number of nitrogens with zero attached hydrogens (tertiary/aromatic N) is 3. The lowest BCUT2D eigenvalue weighted by Crippen LogP contribution is -2.35. The topological polar surface area (TPSA) is 117 Å². The zero-order valence-corrected chi connectivity index (χ0v) is 10.4. The highest BCUT2D eigenvalue weighted by Crippen LogP contribution is 2.13. The van der Waals surface area contributed by atoms with E-state index in [2.05, 4.69) is 15.5 Å². The maximum atomic E-state index is 11.5. The lowest BCUT2D eigenvalue weighted by atomic mass is 10.2. The van der Waals surface area contributed by atoms with Crippen LogP contribution in [0.3, 0.4) is 0 Å². The Labute approximate surface area is 109 Å². The second-order valence-electron chi connectivity index (χ2n) is 4.45. The number of carboxylic acids is 1. The average Bonchev–Trinajstić information content (AvgIpc) is 2.96. The van der Waals surface area contributed by atoms with Gasteiger partial charge in [-0.1, -0.05) is 0 Å². The van der Waals surface area contributed by atoms with E-state index in [1.165, 1.54) is 0 Å². The summed E-state index contributed by atoms with van der Waals surface area (Å²) in [5.74, 6) is -0.0549. The third kappa shape index (κ3) is 3.28. The van der Waals surface area contributed by atoms with Crippen molar-refractivity contribution in [2.45, 2.75) is 44.9 Å². The Morgan fingerprint density at radius 1 is 1.42 bits per heavy atom. The molecule has 1 aromatic rings. The summed E-state index contributed by atoms with van der Waals surface area (Å²) in [6.45, 7) is 1.03. The number of aliphatic carboxylic acids is 1. The first-order valence-electron chi connectivity index (χ1n) is 6.16. The number of hydrogen-bond acceptors (Lipinski definition) is 5. The molecule has 0 aliphatic carbocycles. The second-order valence-corrected chi connectivity index (χ2v) is 4.45. The van der Waals surface area contributed by atoms with Gasteiger partial charge in [0.15, 0.2) is 5.82 Å². The van der Waals surface area contributed by atoms with Crippen molar-refractivity contribution in [3.05, 3.63) is 11.6 Å². The maximum Gasteiger partial charge on any atom is 0.303 e. The smallest absolute Gasteiger partial charge is 0.303 e. The van der Waals surface area contributed by atoms with E-state index < -0.39 is 18.0 Å². The Morgan fingerprint density at radius 2 is 2.21 bits per heavy atom. The first-order chi connectivity index (χ1) is 9.08. The molecule has 1 aromatic heterocycles. The zero-order valence-electron chi connectivity index (χ0n) is 10.4. The van der Waals surface area contributed by atoms with Gasteiger partial charge in [0.1, 0.15) is 11.9 Å². The molecule has 8 heteroatoms. The summed E-state index contributed by atoms with van der Waals surface area (Å²) in [6, 6.07) is 0. The summed E-state index contributed by atoms with van der Waals surface area (Å²) in [5.41, 5.74) is 0. The molecule has 1 amide bonds. The predicted octanol–water partition coefficient (Wildman–Crippen LogP) is -0.934. The summed E-state index contributed by atoms with van der Waals surface area (Å²) in [6.07, 6.45) is 0.264. The molecule has 0 radical (unpaired) electrons. The van der Waals surface area contributed by atoms with Crippen molar-refractivity contribution in [3.8, 4) is 0 Å². The fourth-order valence-corrected chi connectivity index (χ4v) is 2.02. The van der Waals surface area contributed by atoms with Gasteiger partial charge >= 0.3 is 5.97 Å². The summed E-state index contributed by atoms with van der Waals surface area (Å²) in [5, 5.41) is 28.4. The van der Waals surface area contributed by atoms with E-state index in [1.807, 2.05) is 4.57 Å². The van der Waals surface area contributed by atoms with E-state index >= 15 is 0 Å². The summed E-state index contributed by atoms with van der Waals surface area (Å²) >= 11 is 0. The third-order valence-electron chi connectivity index (χ3n) is 3.04. The monoisotopic (exact) mass is 268 g/mol. The lowest BCUT2D eigenvalue weighted by molar-refractivity contribution is -0.138. The number of rotatable bonds is 6. The third-order valence-corrected chi connectivity index (χ3v) is 3.04. The largest absolute Gasteiger partial charge is 0.481 e. The minimum atomic E-state index is -1.31. The Hall–Kier alpha value is -1.96. The Balaban J connectivity index is 1.81. The average molecular weight is 268 g/mol. The molecule has 0 spiro atoms. The molecule has 0 saturated carbocycles. The van der Waals surface area contributed by atoms with Crippen LogP contribution in [-0.2, 0) is 29.1 Å². The van der Waals surface area contributed by atoms with Crippen LogP contribution in [0.2, 0.25) is 0 Å². The van der Waals surface area contributed by atoms with Crippen LogP contribution in [-0.4, -0.2) is 43.0 Å². The number of hydrogen-bond donors (Lipinski definition) is 3. The van der Waals surface area contributed by atoms with Gasteiger partial charge < -0.3 is 20.1 Å². The van der Waals surface area contributed by atoms with Crippen molar-refractivity contribution in [1.29, 1.82) is 0 Å². The number of carboxylic acid groups (broad SMARTS) is 1. The predicted molar refractivity (Wildman–Crippen MR) is 63.1 cm³/mol. The van der Waals surface area contributed by atoms with Gasteiger partial charge in [0.25, 0.3) is 0 Å². The molecule has 19 heavy (non-hydrogen) atoms. The molecule has 1 aliphatic heterocycles. The van der Waals surface area contributed by atoms with Crippen LogP contribution in [0, 0.1) is 0 Å². The highest BCUT2D eigenvalue weighted by Gasteiger charge is 2.20. The number of carbonyl (C=O) groups excluding carboxylic acids is 1. The van der Waals surface area contributed by atoms with Crippen LogP contribution in [0.4, 0.5) is 0 Å². The van der Waals surface area contributed by atoms with Crippen molar-refractivity contribution in [2.75, 3.05) is 0 Å². The fraction of sp³-hybridized carbons (Fsp3) is 0.636. The molecule has 0 saturated heterocycles. The molecule has 0 fully saturated rings. The SMILES string of the molecule is O=C(O)CC[C@H](O)C(=O)NCc1nnc2n1CCC2. The van der Waals surface area contributed by atoms with Gasteiger partial charge in [-0.2, -0.15) is 0 Å². The summed E-state index contributed by atoms with van der Waals surface area (Å²) in [7, 11) is 0. The molecule has 0 bridgehead atoms. The standard InChI is InChI=1S/C11H16N4O4/c16-7(3-4-10(17)18)11(19)12-6-9-14-13-8-2-1-5-15(8)9/h7,16H,1-6H2,(H,12,19)(H,17,18)/t7-/m0/s1. The van der Waals surface area contributed by atoms with Gasteiger partial charge in [-0.05, 0) is 12.8 Å². The van der Waals surface area contributed by atoms with Crippen LogP contribution < -0.4 is 5.32 Å². The van der Waals surface area contributed by atoms with Crippen molar-refractivity contribution in [2.24, 2.45) is 0 Å². The van der Waals surface area contributed by atoms with Crippen LogP contribution in [0.25, 0.3) is 0 Å². The van der Waals surface area contributed by atoms with Crippen LogP contribution in [0.5, 0.6) is 0 Å². The summed E-state index contributed by atoms with van der Waals surface area (Å²) in [4.78, 5) is 21.9. The normalized spacial score (nSPS) is 15.0. The van der Waals surface area contributed by atoms with E-state index in [4.69, 9.17) is 5.11 Å². The van der Waals surface area contributed by atoms with Crippen molar-refractivity contribution >= 4 is 11.9 Å². The minimum absolute atomic E-state index is 0.0981. The Kier molecular flexibility index (Phi) is 4.10. The number of fused-ring (bicyclic) bond motifs is 1. The van der Waals surface area contributed by atoms with Crippen LogP contribution in [0.1, 0.15) is 30.9 Å². The fourth-order valence-electron chi connectivity index (χ4n) is 2.02. The molecule has 8 nitrogen and oxygen atoms in total. The van der Waals surface area contributed by atoms with Gasteiger partial charge in [0, 0.05) is 19.4 Å². The molecule has 2 heterocycles. The van der Waals surface area contributed by atoms with Gasteiger partial charge in [0.05, 0.1) is 6.54 Å². The van der Waals surface area contributed by atoms with E-state index in [-0.39, 0.29) is 19.4 Å². The zero-order chi connectivity index (χ0) is 13.8. The molecule has 104 valence electrons. The molecule has 2 rings (SSSR count). The maximum absolute atomic E-state index is 11.5. The Morgan fingerprint density at radius 3 is 2.95 bits per heavy atom. The molecular weight excluding hydrogens is 252 g/mol. The van der Waals surface area contributed by atoms with E-state index in [1.54, 1.807) is 0 Å². The van der Waals surface area contributed by atoms with E-state index in [9.17, 15) is 14.7 Å². The highest BCUT2D eigenvalue weighted by atomic mass is 16.4. The molecular formula is C11H16N4O4. The van der Waals surface area contributed by atoms with Gasteiger partial charge in [0.2, 0.25) is 5.91 Å². The molecule has 0 aromatic carbocycles.